The molecule has 2 rings (SSSR count). The standard InChI is InChI=1S/C16H23NO2/c18-15-8-4-7-14(11-15)12-16(19)17-10-9-13-5-2-1-3-6-13/h4,7-8,11,13,18H,1-3,5-6,9-10,12H2,(H,17,19). The Bertz CT molecular complexity index is 411. The molecule has 1 amide bonds. The third-order valence-electron chi connectivity index (χ3n) is 3.87. The SMILES string of the molecule is O=C(Cc1cccc(O)c1)NCCC1CCCCC1. The molecule has 1 fully saturated rings. The number of hydrogen-bond donors (Lipinski definition) is 2. The normalized spacial score (nSPS) is 16.2. The van der Waals surface area contributed by atoms with Gasteiger partial charge in [-0.05, 0) is 30.0 Å². The first kappa shape index (κ1) is 13.9. The van der Waals surface area contributed by atoms with Crippen molar-refractivity contribution in [2.24, 2.45) is 5.92 Å². The van der Waals surface area contributed by atoms with E-state index >= 15 is 0 Å². The summed E-state index contributed by atoms with van der Waals surface area (Å²) in [6, 6.07) is 6.88. The molecule has 1 aliphatic rings. The first-order valence-electron chi connectivity index (χ1n) is 7.28. The van der Waals surface area contributed by atoms with Crippen molar-refractivity contribution in [1.82, 2.24) is 5.32 Å². The molecule has 0 saturated heterocycles. The number of aromatic hydroxyl groups is 1. The van der Waals surface area contributed by atoms with Gasteiger partial charge in [-0.15, -0.1) is 0 Å². The monoisotopic (exact) mass is 261 g/mol. The minimum atomic E-state index is 0.0430. The lowest BCUT2D eigenvalue weighted by molar-refractivity contribution is -0.120. The molecule has 1 saturated carbocycles. The van der Waals surface area contributed by atoms with E-state index in [1.165, 1.54) is 32.1 Å². The average Bonchev–Trinajstić information content (AvgIpc) is 2.40. The van der Waals surface area contributed by atoms with Crippen LogP contribution in [0.1, 0.15) is 44.1 Å². The van der Waals surface area contributed by atoms with Gasteiger partial charge in [-0.1, -0.05) is 44.2 Å². The predicted molar refractivity (Wildman–Crippen MR) is 76.0 cm³/mol. The predicted octanol–water partition coefficient (Wildman–Crippen LogP) is 3.02. The van der Waals surface area contributed by atoms with Gasteiger partial charge in [0.1, 0.15) is 5.75 Å². The lowest BCUT2D eigenvalue weighted by Crippen LogP contribution is -2.27. The fraction of sp³-hybridized carbons (Fsp3) is 0.562. The van der Waals surface area contributed by atoms with Crippen LogP contribution in [0.2, 0.25) is 0 Å². The summed E-state index contributed by atoms with van der Waals surface area (Å²) in [5.41, 5.74) is 0.857. The van der Waals surface area contributed by atoms with Gasteiger partial charge >= 0.3 is 0 Å². The van der Waals surface area contributed by atoms with Crippen molar-refractivity contribution in [3.8, 4) is 5.75 Å². The van der Waals surface area contributed by atoms with Crippen LogP contribution in [0.15, 0.2) is 24.3 Å². The number of hydrogen-bond acceptors (Lipinski definition) is 2. The Balaban J connectivity index is 1.67. The summed E-state index contributed by atoms with van der Waals surface area (Å²) >= 11 is 0. The summed E-state index contributed by atoms with van der Waals surface area (Å²) < 4.78 is 0. The second-order valence-electron chi connectivity index (χ2n) is 5.49. The zero-order valence-electron chi connectivity index (χ0n) is 11.4. The first-order chi connectivity index (χ1) is 9.24. The summed E-state index contributed by atoms with van der Waals surface area (Å²) in [4.78, 5) is 11.8. The zero-order chi connectivity index (χ0) is 13.5. The van der Waals surface area contributed by atoms with Gasteiger partial charge in [-0.2, -0.15) is 0 Å². The van der Waals surface area contributed by atoms with Crippen LogP contribution in [0.25, 0.3) is 0 Å². The molecule has 3 nitrogen and oxygen atoms in total. The van der Waals surface area contributed by atoms with Crippen LogP contribution < -0.4 is 5.32 Å². The number of rotatable bonds is 5. The summed E-state index contributed by atoms with van der Waals surface area (Å²) in [5.74, 6) is 1.06. The van der Waals surface area contributed by atoms with Gasteiger partial charge in [-0.25, -0.2) is 0 Å². The maximum absolute atomic E-state index is 11.8. The zero-order valence-corrected chi connectivity index (χ0v) is 11.4. The van der Waals surface area contributed by atoms with Gasteiger partial charge in [0.25, 0.3) is 0 Å². The lowest BCUT2D eigenvalue weighted by atomic mass is 9.87. The van der Waals surface area contributed by atoms with Crippen molar-refractivity contribution in [3.05, 3.63) is 29.8 Å². The van der Waals surface area contributed by atoms with E-state index in [4.69, 9.17) is 0 Å². The molecule has 0 aliphatic heterocycles. The molecule has 1 aromatic carbocycles. The molecule has 104 valence electrons. The highest BCUT2D eigenvalue weighted by atomic mass is 16.3. The molecule has 0 aromatic heterocycles. The fourth-order valence-corrected chi connectivity index (χ4v) is 2.81. The molecule has 0 radical (unpaired) electrons. The second-order valence-corrected chi connectivity index (χ2v) is 5.49. The van der Waals surface area contributed by atoms with Crippen LogP contribution in [0.5, 0.6) is 5.75 Å². The van der Waals surface area contributed by atoms with Crippen LogP contribution in [0.3, 0.4) is 0 Å². The van der Waals surface area contributed by atoms with E-state index in [-0.39, 0.29) is 11.7 Å². The topological polar surface area (TPSA) is 49.3 Å². The van der Waals surface area contributed by atoms with Gasteiger partial charge in [-0.3, -0.25) is 4.79 Å². The third kappa shape index (κ3) is 4.93. The van der Waals surface area contributed by atoms with Crippen LogP contribution >= 0.6 is 0 Å². The van der Waals surface area contributed by atoms with Crippen LogP contribution in [-0.4, -0.2) is 17.6 Å². The van der Waals surface area contributed by atoms with E-state index in [1.807, 2.05) is 6.07 Å². The van der Waals surface area contributed by atoms with Gasteiger partial charge in [0.15, 0.2) is 0 Å². The van der Waals surface area contributed by atoms with E-state index in [1.54, 1.807) is 18.2 Å². The van der Waals surface area contributed by atoms with Gasteiger partial charge in [0, 0.05) is 6.54 Å². The fourth-order valence-electron chi connectivity index (χ4n) is 2.81. The molecule has 0 unspecified atom stereocenters. The molecular weight excluding hydrogens is 238 g/mol. The van der Waals surface area contributed by atoms with Crippen molar-refractivity contribution in [3.63, 3.8) is 0 Å². The Morgan fingerprint density at radius 3 is 2.79 bits per heavy atom. The quantitative estimate of drug-likeness (QED) is 0.856. The average molecular weight is 261 g/mol. The number of benzene rings is 1. The summed E-state index contributed by atoms with van der Waals surface area (Å²) in [5, 5.41) is 12.3. The summed E-state index contributed by atoms with van der Waals surface area (Å²) in [7, 11) is 0. The molecule has 0 bridgehead atoms. The van der Waals surface area contributed by atoms with E-state index in [2.05, 4.69) is 5.32 Å². The molecule has 3 heteroatoms. The smallest absolute Gasteiger partial charge is 0.224 e. The minimum absolute atomic E-state index is 0.0430. The molecule has 0 heterocycles. The third-order valence-corrected chi connectivity index (χ3v) is 3.87. The summed E-state index contributed by atoms with van der Waals surface area (Å²) in [6.45, 7) is 0.780. The first-order valence-corrected chi connectivity index (χ1v) is 7.28. The van der Waals surface area contributed by atoms with E-state index < -0.39 is 0 Å². The van der Waals surface area contributed by atoms with Crippen molar-refractivity contribution >= 4 is 5.91 Å². The molecular formula is C16H23NO2. The van der Waals surface area contributed by atoms with Crippen LogP contribution in [0, 0.1) is 5.92 Å². The van der Waals surface area contributed by atoms with Gasteiger partial charge in [0.05, 0.1) is 6.42 Å². The Morgan fingerprint density at radius 2 is 2.05 bits per heavy atom. The van der Waals surface area contributed by atoms with Crippen molar-refractivity contribution < 1.29 is 9.90 Å². The number of phenolic OH excluding ortho intramolecular Hbond substituents is 1. The van der Waals surface area contributed by atoms with Crippen molar-refractivity contribution in [2.45, 2.75) is 44.9 Å². The van der Waals surface area contributed by atoms with Gasteiger partial charge in [0.2, 0.25) is 5.91 Å². The molecule has 1 aliphatic carbocycles. The van der Waals surface area contributed by atoms with Crippen LogP contribution in [-0.2, 0) is 11.2 Å². The highest BCUT2D eigenvalue weighted by Crippen LogP contribution is 2.25. The number of phenols is 1. The van der Waals surface area contributed by atoms with E-state index in [9.17, 15) is 9.90 Å². The minimum Gasteiger partial charge on any atom is -0.508 e. The molecule has 19 heavy (non-hydrogen) atoms. The Morgan fingerprint density at radius 1 is 1.26 bits per heavy atom. The number of amides is 1. The Kier molecular flexibility index (Phi) is 5.25. The summed E-state index contributed by atoms with van der Waals surface area (Å²) in [6.07, 6.45) is 8.17. The number of nitrogens with one attached hydrogen (secondary N) is 1. The van der Waals surface area contributed by atoms with E-state index in [0.29, 0.717) is 6.42 Å². The lowest BCUT2D eigenvalue weighted by Gasteiger charge is -2.21. The van der Waals surface area contributed by atoms with Crippen molar-refractivity contribution in [1.29, 1.82) is 0 Å². The highest BCUT2D eigenvalue weighted by molar-refractivity contribution is 5.78. The maximum Gasteiger partial charge on any atom is 0.224 e. The van der Waals surface area contributed by atoms with Gasteiger partial charge < -0.3 is 10.4 Å². The number of carbonyl (C=O) groups is 1. The van der Waals surface area contributed by atoms with E-state index in [0.717, 1.165) is 24.4 Å². The molecule has 2 N–H and O–H groups in total. The van der Waals surface area contributed by atoms with Crippen LogP contribution in [0.4, 0.5) is 0 Å². The van der Waals surface area contributed by atoms with Crippen molar-refractivity contribution in [2.75, 3.05) is 6.54 Å². The molecule has 0 spiro atoms. The largest absolute Gasteiger partial charge is 0.508 e. The Labute approximate surface area is 115 Å². The molecule has 1 aromatic rings. The Hall–Kier alpha value is -1.51. The maximum atomic E-state index is 11.8. The molecule has 0 atom stereocenters. The second kappa shape index (κ2) is 7.17. The highest BCUT2D eigenvalue weighted by Gasteiger charge is 2.13. The number of carbonyl (C=O) groups excluding carboxylic acids is 1.